The number of aliphatic hydroxyl groups is 1. The van der Waals surface area contributed by atoms with Gasteiger partial charge in [-0.3, -0.25) is 0 Å². The minimum absolute atomic E-state index is 0.0754. The van der Waals surface area contributed by atoms with Crippen LogP contribution >= 0.6 is 15.9 Å². The summed E-state index contributed by atoms with van der Waals surface area (Å²) >= 11 is 3.30. The Kier molecular flexibility index (Phi) is 3.36. The van der Waals surface area contributed by atoms with Gasteiger partial charge in [-0.2, -0.15) is 0 Å². The molecule has 0 aliphatic carbocycles. The molecule has 1 unspecified atom stereocenters. The first kappa shape index (κ1) is 13.1. The summed E-state index contributed by atoms with van der Waals surface area (Å²) in [5, 5.41) is 9.14. The number of halogens is 1. The zero-order chi connectivity index (χ0) is 12.7. The quantitative estimate of drug-likeness (QED) is 0.910. The van der Waals surface area contributed by atoms with E-state index in [9.17, 15) is 8.42 Å². The van der Waals surface area contributed by atoms with Crippen LogP contribution in [0.3, 0.4) is 0 Å². The molecule has 2 rings (SSSR count). The second-order valence-corrected chi connectivity index (χ2v) is 7.74. The predicted molar refractivity (Wildman–Crippen MR) is 69.9 cm³/mol. The minimum Gasteiger partial charge on any atom is -0.396 e. The molecule has 1 aliphatic heterocycles. The lowest BCUT2D eigenvalue weighted by Crippen LogP contribution is -2.33. The summed E-state index contributed by atoms with van der Waals surface area (Å²) in [6.45, 7) is 2.09. The maximum Gasteiger partial charge on any atom is 0.178 e. The highest BCUT2D eigenvalue weighted by Crippen LogP contribution is 2.41. The van der Waals surface area contributed by atoms with Crippen molar-refractivity contribution in [3.8, 4) is 0 Å². The molecule has 0 amide bonds. The third-order valence-corrected chi connectivity index (χ3v) is 5.76. The van der Waals surface area contributed by atoms with E-state index in [1.165, 1.54) is 0 Å². The molecule has 1 heterocycles. The van der Waals surface area contributed by atoms with Crippen LogP contribution in [0.5, 0.6) is 0 Å². The molecule has 17 heavy (non-hydrogen) atoms. The highest BCUT2D eigenvalue weighted by Gasteiger charge is 2.38. The summed E-state index contributed by atoms with van der Waals surface area (Å²) in [7, 11) is -3.17. The van der Waals surface area contributed by atoms with Crippen LogP contribution in [0.2, 0.25) is 0 Å². The molecule has 94 valence electrons. The van der Waals surface area contributed by atoms with Crippen molar-refractivity contribution in [2.75, 3.05) is 12.4 Å². The van der Waals surface area contributed by atoms with E-state index in [1.807, 2.05) is 19.1 Å². The number of rotatable bonds is 2. The smallest absolute Gasteiger partial charge is 0.178 e. The predicted octanol–water partition coefficient (Wildman–Crippen LogP) is 2.27. The Bertz CT molecular complexity index is 539. The molecule has 1 aromatic rings. The number of benzene rings is 1. The summed E-state index contributed by atoms with van der Waals surface area (Å²) in [6.07, 6.45) is 1.17. The summed E-state index contributed by atoms with van der Waals surface area (Å²) in [4.78, 5) is 0.411. The number of aliphatic hydroxyl groups excluding tert-OH is 1. The standard InChI is InChI=1S/C12H15BrO3S/c1-12(4-6-14)5-7-17(15,16)11-8-9(13)2-3-10(11)12/h2-3,8,14H,4-7H2,1H3. The Morgan fingerprint density at radius 1 is 1.47 bits per heavy atom. The fourth-order valence-corrected chi connectivity index (χ4v) is 4.77. The van der Waals surface area contributed by atoms with Gasteiger partial charge >= 0.3 is 0 Å². The van der Waals surface area contributed by atoms with E-state index in [0.717, 1.165) is 10.0 Å². The molecule has 0 bridgehead atoms. The topological polar surface area (TPSA) is 54.4 Å². The lowest BCUT2D eigenvalue weighted by molar-refractivity contribution is 0.238. The highest BCUT2D eigenvalue weighted by molar-refractivity contribution is 9.10. The van der Waals surface area contributed by atoms with Crippen LogP contribution in [-0.2, 0) is 15.3 Å². The van der Waals surface area contributed by atoms with Crippen LogP contribution in [0, 0.1) is 0 Å². The molecule has 1 aromatic carbocycles. The van der Waals surface area contributed by atoms with Crippen molar-refractivity contribution in [3.63, 3.8) is 0 Å². The van der Waals surface area contributed by atoms with Gasteiger partial charge in [-0.15, -0.1) is 0 Å². The van der Waals surface area contributed by atoms with E-state index < -0.39 is 9.84 Å². The Hall–Kier alpha value is -0.390. The maximum atomic E-state index is 12.0. The Balaban J connectivity index is 2.64. The van der Waals surface area contributed by atoms with Gasteiger partial charge in [0.15, 0.2) is 9.84 Å². The molecule has 0 spiro atoms. The Labute approximate surface area is 110 Å². The van der Waals surface area contributed by atoms with Gasteiger partial charge in [-0.05, 0) is 36.0 Å². The molecule has 1 aliphatic rings. The number of fused-ring (bicyclic) bond motifs is 1. The number of sulfone groups is 1. The Morgan fingerprint density at radius 3 is 2.82 bits per heavy atom. The Morgan fingerprint density at radius 2 is 2.18 bits per heavy atom. The fourth-order valence-electron chi connectivity index (χ4n) is 2.36. The van der Waals surface area contributed by atoms with E-state index in [0.29, 0.717) is 17.7 Å². The van der Waals surface area contributed by atoms with Crippen LogP contribution in [0.1, 0.15) is 25.3 Å². The average Bonchev–Trinajstić information content (AvgIpc) is 2.25. The van der Waals surface area contributed by atoms with Crippen molar-refractivity contribution >= 4 is 25.8 Å². The van der Waals surface area contributed by atoms with E-state index >= 15 is 0 Å². The number of hydrogen-bond acceptors (Lipinski definition) is 3. The lowest BCUT2D eigenvalue weighted by Gasteiger charge is -2.35. The van der Waals surface area contributed by atoms with Gasteiger partial charge in [0.25, 0.3) is 0 Å². The first-order valence-electron chi connectivity index (χ1n) is 5.53. The first-order valence-corrected chi connectivity index (χ1v) is 7.97. The van der Waals surface area contributed by atoms with Gasteiger partial charge in [0.05, 0.1) is 10.6 Å². The molecule has 0 aromatic heterocycles. The number of hydrogen-bond donors (Lipinski definition) is 1. The molecule has 0 saturated heterocycles. The lowest BCUT2D eigenvalue weighted by atomic mass is 9.77. The summed E-state index contributed by atoms with van der Waals surface area (Å²) in [5.41, 5.74) is 0.594. The van der Waals surface area contributed by atoms with Crippen molar-refractivity contribution in [1.29, 1.82) is 0 Å². The van der Waals surface area contributed by atoms with E-state index in [1.54, 1.807) is 6.07 Å². The van der Waals surface area contributed by atoms with E-state index in [-0.39, 0.29) is 17.8 Å². The van der Waals surface area contributed by atoms with E-state index in [4.69, 9.17) is 5.11 Å². The molecular formula is C12H15BrO3S. The molecule has 5 heteroatoms. The normalized spacial score (nSPS) is 26.5. The molecule has 0 saturated carbocycles. The van der Waals surface area contributed by atoms with E-state index in [2.05, 4.69) is 15.9 Å². The van der Waals surface area contributed by atoms with Gasteiger partial charge in [0, 0.05) is 11.1 Å². The SMILES string of the molecule is CC1(CCO)CCS(=O)(=O)c2cc(Br)ccc21. The van der Waals surface area contributed by atoms with Crippen molar-refractivity contribution in [2.45, 2.75) is 30.1 Å². The molecule has 0 fully saturated rings. The first-order chi connectivity index (χ1) is 7.89. The summed E-state index contributed by atoms with van der Waals surface area (Å²) in [6, 6.07) is 5.38. The molecule has 1 N–H and O–H groups in total. The molecule has 3 nitrogen and oxygen atoms in total. The van der Waals surface area contributed by atoms with Gasteiger partial charge < -0.3 is 5.11 Å². The van der Waals surface area contributed by atoms with Crippen LogP contribution in [0.25, 0.3) is 0 Å². The zero-order valence-electron chi connectivity index (χ0n) is 9.61. The third kappa shape index (κ3) is 2.28. The summed E-state index contributed by atoms with van der Waals surface area (Å²) < 4.78 is 24.8. The zero-order valence-corrected chi connectivity index (χ0v) is 12.0. The van der Waals surface area contributed by atoms with Gasteiger partial charge in [0.1, 0.15) is 0 Å². The van der Waals surface area contributed by atoms with Crippen LogP contribution in [0.4, 0.5) is 0 Å². The van der Waals surface area contributed by atoms with Crippen molar-refractivity contribution in [3.05, 3.63) is 28.2 Å². The molecular weight excluding hydrogens is 304 g/mol. The van der Waals surface area contributed by atoms with Crippen molar-refractivity contribution in [2.24, 2.45) is 0 Å². The van der Waals surface area contributed by atoms with Gasteiger partial charge in [0.2, 0.25) is 0 Å². The highest BCUT2D eigenvalue weighted by atomic mass is 79.9. The largest absolute Gasteiger partial charge is 0.396 e. The average molecular weight is 319 g/mol. The third-order valence-electron chi connectivity index (χ3n) is 3.52. The summed E-state index contributed by atoms with van der Waals surface area (Å²) in [5.74, 6) is 0.160. The second kappa shape index (κ2) is 4.37. The fraction of sp³-hybridized carbons (Fsp3) is 0.500. The second-order valence-electron chi connectivity index (χ2n) is 4.74. The van der Waals surface area contributed by atoms with Crippen molar-refractivity contribution < 1.29 is 13.5 Å². The minimum atomic E-state index is -3.17. The molecule has 0 radical (unpaired) electrons. The van der Waals surface area contributed by atoms with Crippen LogP contribution < -0.4 is 0 Å². The van der Waals surface area contributed by atoms with Gasteiger partial charge in [-0.1, -0.05) is 28.9 Å². The van der Waals surface area contributed by atoms with Crippen molar-refractivity contribution in [1.82, 2.24) is 0 Å². The van der Waals surface area contributed by atoms with Crippen LogP contribution in [0.15, 0.2) is 27.6 Å². The van der Waals surface area contributed by atoms with Gasteiger partial charge in [-0.25, -0.2) is 8.42 Å². The van der Waals surface area contributed by atoms with Crippen LogP contribution in [-0.4, -0.2) is 25.9 Å². The molecule has 1 atom stereocenters. The monoisotopic (exact) mass is 318 g/mol. The maximum absolute atomic E-state index is 12.0.